The number of benzene rings is 6. The monoisotopic (exact) mass is 555 g/mol. The van der Waals surface area contributed by atoms with E-state index in [-0.39, 0.29) is 10.8 Å². The molecule has 6 aromatic rings. The van der Waals surface area contributed by atoms with Crippen molar-refractivity contribution in [3.05, 3.63) is 163 Å². The van der Waals surface area contributed by atoms with Crippen molar-refractivity contribution >= 4 is 17.1 Å². The standard InChI is InChI=1S/C42H37N/c1-41(2)39-21-12-11-20-37(39)38-27-26-36(29-40(38)42(41,3)4)43(34-18-9-6-10-19-34)35-24-22-31(23-25-35)33-17-13-16-32(28-33)30-14-7-5-8-15-30/h5-29H,1-4H3. The molecule has 0 fully saturated rings. The molecule has 0 saturated heterocycles. The highest BCUT2D eigenvalue weighted by atomic mass is 15.1. The Morgan fingerprint density at radius 3 is 1.53 bits per heavy atom. The van der Waals surface area contributed by atoms with Crippen LogP contribution in [-0.2, 0) is 10.8 Å². The molecular weight excluding hydrogens is 518 g/mol. The van der Waals surface area contributed by atoms with Crippen molar-refractivity contribution in [1.29, 1.82) is 0 Å². The molecule has 1 aliphatic carbocycles. The van der Waals surface area contributed by atoms with Crippen LogP contribution in [0.4, 0.5) is 17.1 Å². The van der Waals surface area contributed by atoms with E-state index < -0.39 is 0 Å². The number of hydrogen-bond acceptors (Lipinski definition) is 1. The summed E-state index contributed by atoms with van der Waals surface area (Å²) >= 11 is 0. The molecule has 7 rings (SSSR count). The molecule has 0 aromatic heterocycles. The van der Waals surface area contributed by atoms with Crippen LogP contribution in [0.15, 0.2) is 152 Å². The number of rotatable bonds is 5. The Bertz CT molecular complexity index is 1900. The summed E-state index contributed by atoms with van der Waals surface area (Å²) in [5, 5.41) is 0. The number of hydrogen-bond donors (Lipinski definition) is 0. The largest absolute Gasteiger partial charge is 0.310 e. The fraction of sp³-hybridized carbons (Fsp3) is 0.143. The van der Waals surface area contributed by atoms with Gasteiger partial charge in [0.25, 0.3) is 0 Å². The molecule has 210 valence electrons. The Hall–Kier alpha value is -4.88. The highest BCUT2D eigenvalue weighted by Gasteiger charge is 2.45. The predicted octanol–water partition coefficient (Wildman–Crippen LogP) is 11.7. The Morgan fingerprint density at radius 1 is 0.349 bits per heavy atom. The molecule has 0 aliphatic heterocycles. The minimum Gasteiger partial charge on any atom is -0.310 e. The zero-order chi connectivity index (χ0) is 29.6. The van der Waals surface area contributed by atoms with Crippen LogP contribution >= 0.6 is 0 Å². The first-order valence-corrected chi connectivity index (χ1v) is 15.2. The maximum atomic E-state index is 2.43. The van der Waals surface area contributed by atoms with Crippen LogP contribution in [-0.4, -0.2) is 0 Å². The van der Waals surface area contributed by atoms with Gasteiger partial charge in [-0.1, -0.05) is 137 Å². The van der Waals surface area contributed by atoms with E-state index in [1.54, 1.807) is 0 Å². The molecular formula is C42H37N. The fourth-order valence-corrected chi connectivity index (χ4v) is 6.70. The van der Waals surface area contributed by atoms with Crippen molar-refractivity contribution in [3.8, 4) is 33.4 Å². The summed E-state index contributed by atoms with van der Waals surface area (Å²) in [5.74, 6) is 0. The Labute approximate surface area is 256 Å². The van der Waals surface area contributed by atoms with Crippen LogP contribution in [0, 0.1) is 0 Å². The van der Waals surface area contributed by atoms with Gasteiger partial charge >= 0.3 is 0 Å². The molecule has 0 radical (unpaired) electrons. The van der Waals surface area contributed by atoms with Gasteiger partial charge < -0.3 is 4.90 Å². The summed E-state index contributed by atoms with van der Waals surface area (Å²) in [7, 11) is 0. The topological polar surface area (TPSA) is 3.24 Å². The third-order valence-electron chi connectivity index (χ3n) is 9.83. The number of para-hydroxylation sites is 1. The highest BCUT2D eigenvalue weighted by molar-refractivity contribution is 5.84. The van der Waals surface area contributed by atoms with Gasteiger partial charge in [-0.25, -0.2) is 0 Å². The van der Waals surface area contributed by atoms with E-state index in [1.807, 2.05) is 0 Å². The van der Waals surface area contributed by atoms with Crippen molar-refractivity contribution in [2.24, 2.45) is 0 Å². The predicted molar refractivity (Wildman–Crippen MR) is 183 cm³/mol. The van der Waals surface area contributed by atoms with Gasteiger partial charge in [0.05, 0.1) is 0 Å². The van der Waals surface area contributed by atoms with Crippen molar-refractivity contribution in [2.75, 3.05) is 4.90 Å². The third kappa shape index (κ3) is 4.57. The van der Waals surface area contributed by atoms with Crippen molar-refractivity contribution in [2.45, 2.75) is 38.5 Å². The van der Waals surface area contributed by atoms with Crippen LogP contribution in [0.1, 0.15) is 38.8 Å². The second-order valence-corrected chi connectivity index (χ2v) is 12.7. The molecule has 1 aliphatic rings. The van der Waals surface area contributed by atoms with Gasteiger partial charge in [-0.05, 0) is 97.8 Å². The number of nitrogens with zero attached hydrogens (tertiary/aromatic N) is 1. The van der Waals surface area contributed by atoms with Gasteiger partial charge in [-0.15, -0.1) is 0 Å². The SMILES string of the molecule is CC1(C)c2ccccc2-c2ccc(N(c3ccccc3)c3ccc(-c4cccc(-c5ccccc5)c4)cc3)cc2C1(C)C. The Kier molecular flexibility index (Phi) is 6.55. The average Bonchev–Trinajstić information content (AvgIpc) is 3.05. The quantitative estimate of drug-likeness (QED) is 0.204. The van der Waals surface area contributed by atoms with Crippen LogP contribution in [0.5, 0.6) is 0 Å². The number of fused-ring (bicyclic) bond motifs is 3. The van der Waals surface area contributed by atoms with Crippen LogP contribution in [0.2, 0.25) is 0 Å². The molecule has 0 bridgehead atoms. The van der Waals surface area contributed by atoms with E-state index in [0.29, 0.717) is 0 Å². The van der Waals surface area contributed by atoms with Crippen LogP contribution < -0.4 is 4.90 Å². The van der Waals surface area contributed by atoms with Gasteiger partial charge in [0.15, 0.2) is 0 Å². The molecule has 0 heterocycles. The number of anilines is 3. The molecule has 0 spiro atoms. The maximum absolute atomic E-state index is 2.43. The first-order chi connectivity index (χ1) is 20.8. The maximum Gasteiger partial charge on any atom is 0.0464 e. The minimum atomic E-state index is -0.0529. The van der Waals surface area contributed by atoms with Crippen LogP contribution in [0.3, 0.4) is 0 Å². The molecule has 43 heavy (non-hydrogen) atoms. The Balaban J connectivity index is 1.32. The molecule has 1 heteroatoms. The van der Waals surface area contributed by atoms with Gasteiger partial charge in [0, 0.05) is 17.1 Å². The lowest BCUT2D eigenvalue weighted by molar-refractivity contribution is 0.299. The van der Waals surface area contributed by atoms with Gasteiger partial charge in [-0.2, -0.15) is 0 Å². The summed E-state index contributed by atoms with van der Waals surface area (Å²) in [6, 6.07) is 55.1. The summed E-state index contributed by atoms with van der Waals surface area (Å²) < 4.78 is 0. The summed E-state index contributed by atoms with van der Waals surface area (Å²) in [5.41, 5.74) is 13.8. The Morgan fingerprint density at radius 2 is 0.837 bits per heavy atom. The van der Waals surface area contributed by atoms with Gasteiger partial charge in [0.2, 0.25) is 0 Å². The van der Waals surface area contributed by atoms with E-state index in [2.05, 4.69) is 184 Å². The molecule has 1 nitrogen and oxygen atoms in total. The summed E-state index contributed by atoms with van der Waals surface area (Å²) in [6.07, 6.45) is 0. The van der Waals surface area contributed by atoms with E-state index in [0.717, 1.165) is 11.4 Å². The first kappa shape index (κ1) is 27.0. The fourth-order valence-electron chi connectivity index (χ4n) is 6.70. The smallest absolute Gasteiger partial charge is 0.0464 e. The minimum absolute atomic E-state index is 0.0112. The zero-order valence-electron chi connectivity index (χ0n) is 25.4. The van der Waals surface area contributed by atoms with E-state index in [1.165, 1.54) is 50.2 Å². The van der Waals surface area contributed by atoms with Crippen molar-refractivity contribution in [1.82, 2.24) is 0 Å². The lowest BCUT2D eigenvalue weighted by Crippen LogP contribution is -2.43. The summed E-state index contributed by atoms with van der Waals surface area (Å²) in [6.45, 7) is 9.58. The van der Waals surface area contributed by atoms with Gasteiger partial charge in [0.1, 0.15) is 0 Å². The van der Waals surface area contributed by atoms with Crippen LogP contribution in [0.25, 0.3) is 33.4 Å². The molecule has 0 saturated carbocycles. The molecule has 0 amide bonds. The lowest BCUT2D eigenvalue weighted by Gasteiger charge is -2.48. The van der Waals surface area contributed by atoms with Gasteiger partial charge in [-0.3, -0.25) is 0 Å². The normalized spacial score (nSPS) is 14.4. The van der Waals surface area contributed by atoms with E-state index >= 15 is 0 Å². The summed E-state index contributed by atoms with van der Waals surface area (Å²) in [4.78, 5) is 2.38. The van der Waals surface area contributed by atoms with Crippen molar-refractivity contribution in [3.63, 3.8) is 0 Å². The highest BCUT2D eigenvalue weighted by Crippen LogP contribution is 2.54. The second-order valence-electron chi connectivity index (χ2n) is 12.7. The molecule has 0 atom stereocenters. The van der Waals surface area contributed by atoms with E-state index in [9.17, 15) is 0 Å². The molecule has 0 unspecified atom stereocenters. The first-order valence-electron chi connectivity index (χ1n) is 15.2. The zero-order valence-corrected chi connectivity index (χ0v) is 25.4. The van der Waals surface area contributed by atoms with E-state index in [4.69, 9.17) is 0 Å². The van der Waals surface area contributed by atoms with Crippen molar-refractivity contribution < 1.29 is 0 Å². The lowest BCUT2D eigenvalue weighted by atomic mass is 9.55. The second kappa shape index (κ2) is 10.4. The third-order valence-corrected chi connectivity index (χ3v) is 9.83. The molecule has 0 N–H and O–H groups in total. The average molecular weight is 556 g/mol. The molecule has 6 aromatic carbocycles.